The van der Waals surface area contributed by atoms with Crippen LogP contribution < -0.4 is 0 Å². The number of hydrogen-bond acceptors (Lipinski definition) is 1. The van der Waals surface area contributed by atoms with Crippen LogP contribution in [-0.4, -0.2) is 9.97 Å². The van der Waals surface area contributed by atoms with Gasteiger partial charge in [-0.25, -0.2) is 0 Å². The Hall–Kier alpha value is -1.31. The van der Waals surface area contributed by atoms with Crippen molar-refractivity contribution in [3.63, 3.8) is 0 Å². The first-order chi connectivity index (χ1) is 5.77. The summed E-state index contributed by atoms with van der Waals surface area (Å²) in [7, 11) is 0. The predicted octanol–water partition coefficient (Wildman–Crippen LogP) is 2.69. The van der Waals surface area contributed by atoms with Crippen LogP contribution in [0.5, 0.6) is 0 Å². The van der Waals surface area contributed by atoms with E-state index in [0.29, 0.717) is 5.92 Å². The third-order valence-electron chi connectivity index (χ3n) is 2.06. The first-order valence-corrected chi connectivity index (χ1v) is 4.20. The topological polar surface area (TPSA) is 28.7 Å². The van der Waals surface area contributed by atoms with Gasteiger partial charge in [0.25, 0.3) is 0 Å². The Morgan fingerprint density at radius 3 is 2.92 bits per heavy atom. The Bertz CT molecular complexity index is 354. The molecule has 0 aliphatic carbocycles. The van der Waals surface area contributed by atoms with Gasteiger partial charge in [0.15, 0.2) is 0 Å². The molecule has 0 spiro atoms. The fourth-order valence-electron chi connectivity index (χ4n) is 1.31. The first kappa shape index (κ1) is 7.35. The second kappa shape index (κ2) is 2.63. The molecule has 2 heterocycles. The molecule has 12 heavy (non-hydrogen) atoms. The lowest BCUT2D eigenvalue weighted by molar-refractivity contribution is 0.836. The number of H-pyrrole nitrogens is 1. The maximum atomic E-state index is 4.07. The lowest BCUT2D eigenvalue weighted by Gasteiger charge is -1.97. The van der Waals surface area contributed by atoms with E-state index < -0.39 is 0 Å². The van der Waals surface area contributed by atoms with E-state index in [1.54, 1.807) is 0 Å². The number of nitrogens with one attached hydrogen (secondary N) is 1. The summed E-state index contributed by atoms with van der Waals surface area (Å²) >= 11 is 0. The molecule has 2 heteroatoms. The van der Waals surface area contributed by atoms with E-state index >= 15 is 0 Å². The van der Waals surface area contributed by atoms with Crippen LogP contribution in [0.25, 0.3) is 10.9 Å². The van der Waals surface area contributed by atoms with E-state index in [2.05, 4.69) is 29.9 Å². The van der Waals surface area contributed by atoms with Crippen LogP contribution in [0.3, 0.4) is 0 Å². The van der Waals surface area contributed by atoms with Gasteiger partial charge in [0.1, 0.15) is 0 Å². The van der Waals surface area contributed by atoms with Gasteiger partial charge in [-0.3, -0.25) is 4.98 Å². The summed E-state index contributed by atoms with van der Waals surface area (Å²) in [5.74, 6) is 0.553. The Morgan fingerprint density at radius 1 is 1.42 bits per heavy atom. The Balaban J connectivity index is 2.62. The van der Waals surface area contributed by atoms with E-state index in [1.165, 1.54) is 16.6 Å². The highest BCUT2D eigenvalue weighted by molar-refractivity contribution is 5.79. The average molecular weight is 160 g/mol. The molecule has 0 fully saturated rings. The van der Waals surface area contributed by atoms with Crippen molar-refractivity contribution in [3.05, 3.63) is 30.2 Å². The highest BCUT2D eigenvalue weighted by Crippen LogP contribution is 2.19. The van der Waals surface area contributed by atoms with Gasteiger partial charge < -0.3 is 4.98 Å². The Morgan fingerprint density at radius 2 is 2.25 bits per heavy atom. The minimum atomic E-state index is 0.553. The van der Waals surface area contributed by atoms with Crippen LogP contribution in [0, 0.1) is 0 Å². The van der Waals surface area contributed by atoms with E-state index in [-0.39, 0.29) is 0 Å². The number of pyridine rings is 1. The SMILES string of the molecule is CC(C)c1cc2cnccc2[nH]1. The fourth-order valence-corrected chi connectivity index (χ4v) is 1.31. The molecular weight excluding hydrogens is 148 g/mol. The molecule has 0 bridgehead atoms. The van der Waals surface area contributed by atoms with Crippen molar-refractivity contribution in [2.75, 3.05) is 0 Å². The van der Waals surface area contributed by atoms with Gasteiger partial charge in [0.05, 0.1) is 0 Å². The molecule has 2 rings (SSSR count). The largest absolute Gasteiger partial charge is 0.358 e. The van der Waals surface area contributed by atoms with Crippen LogP contribution in [0.4, 0.5) is 0 Å². The smallest absolute Gasteiger partial charge is 0.0487 e. The van der Waals surface area contributed by atoms with E-state index in [4.69, 9.17) is 0 Å². The molecule has 0 radical (unpaired) electrons. The van der Waals surface area contributed by atoms with Crippen molar-refractivity contribution in [2.24, 2.45) is 0 Å². The molecule has 0 atom stereocenters. The lowest BCUT2D eigenvalue weighted by atomic mass is 10.1. The van der Waals surface area contributed by atoms with Crippen LogP contribution >= 0.6 is 0 Å². The zero-order chi connectivity index (χ0) is 8.55. The van der Waals surface area contributed by atoms with Crippen molar-refractivity contribution in [2.45, 2.75) is 19.8 Å². The molecule has 2 aromatic heterocycles. The third-order valence-corrected chi connectivity index (χ3v) is 2.06. The molecule has 0 amide bonds. The molecule has 2 aromatic rings. The van der Waals surface area contributed by atoms with Crippen molar-refractivity contribution in [1.82, 2.24) is 9.97 Å². The average Bonchev–Trinajstić information content (AvgIpc) is 2.46. The molecule has 0 unspecified atom stereocenters. The van der Waals surface area contributed by atoms with Gasteiger partial charge in [0.2, 0.25) is 0 Å². The number of hydrogen-bond donors (Lipinski definition) is 1. The summed E-state index contributed by atoms with van der Waals surface area (Å²) in [6.45, 7) is 4.36. The molecule has 0 aromatic carbocycles. The quantitative estimate of drug-likeness (QED) is 0.682. The van der Waals surface area contributed by atoms with Gasteiger partial charge in [-0.05, 0) is 18.1 Å². The van der Waals surface area contributed by atoms with Crippen molar-refractivity contribution >= 4 is 10.9 Å². The van der Waals surface area contributed by atoms with Crippen LogP contribution in [0.15, 0.2) is 24.5 Å². The third kappa shape index (κ3) is 1.09. The molecule has 0 saturated carbocycles. The Labute approximate surface area is 71.6 Å². The van der Waals surface area contributed by atoms with E-state index in [1.807, 2.05) is 18.5 Å². The monoisotopic (exact) mass is 160 g/mol. The molecular formula is C10H12N2. The number of fused-ring (bicyclic) bond motifs is 1. The maximum Gasteiger partial charge on any atom is 0.0487 e. The molecule has 2 nitrogen and oxygen atoms in total. The van der Waals surface area contributed by atoms with Gasteiger partial charge in [-0.1, -0.05) is 13.8 Å². The maximum absolute atomic E-state index is 4.07. The van der Waals surface area contributed by atoms with Gasteiger partial charge in [0, 0.05) is 29.0 Å². The second-order valence-electron chi connectivity index (χ2n) is 3.34. The molecule has 62 valence electrons. The minimum absolute atomic E-state index is 0.553. The lowest BCUT2D eigenvalue weighted by Crippen LogP contribution is -1.84. The predicted molar refractivity (Wildman–Crippen MR) is 50.2 cm³/mol. The highest BCUT2D eigenvalue weighted by atomic mass is 14.7. The minimum Gasteiger partial charge on any atom is -0.358 e. The summed E-state index contributed by atoms with van der Waals surface area (Å²) in [5, 5.41) is 1.20. The summed E-state index contributed by atoms with van der Waals surface area (Å²) < 4.78 is 0. The van der Waals surface area contributed by atoms with Crippen LogP contribution in [-0.2, 0) is 0 Å². The van der Waals surface area contributed by atoms with Gasteiger partial charge >= 0.3 is 0 Å². The van der Waals surface area contributed by atoms with Crippen molar-refractivity contribution in [3.8, 4) is 0 Å². The van der Waals surface area contributed by atoms with Crippen molar-refractivity contribution < 1.29 is 0 Å². The van der Waals surface area contributed by atoms with Gasteiger partial charge in [-0.15, -0.1) is 0 Å². The zero-order valence-corrected chi connectivity index (χ0v) is 7.33. The molecule has 0 saturated heterocycles. The fraction of sp³-hybridized carbons (Fsp3) is 0.300. The van der Waals surface area contributed by atoms with Crippen LogP contribution in [0.1, 0.15) is 25.5 Å². The number of nitrogens with zero attached hydrogens (tertiary/aromatic N) is 1. The standard InChI is InChI=1S/C10H12N2/c1-7(2)10-5-8-6-11-4-3-9(8)12-10/h3-7,12H,1-2H3. The zero-order valence-electron chi connectivity index (χ0n) is 7.33. The number of aromatic nitrogens is 2. The Kier molecular flexibility index (Phi) is 1.61. The summed E-state index contributed by atoms with van der Waals surface area (Å²) in [4.78, 5) is 7.42. The molecule has 1 N–H and O–H groups in total. The normalized spacial score (nSPS) is 11.2. The van der Waals surface area contributed by atoms with Crippen molar-refractivity contribution in [1.29, 1.82) is 0 Å². The summed E-state index contributed by atoms with van der Waals surface area (Å²) in [6.07, 6.45) is 3.70. The molecule has 0 aliphatic rings. The number of aromatic amines is 1. The second-order valence-corrected chi connectivity index (χ2v) is 3.34. The highest BCUT2D eigenvalue weighted by Gasteiger charge is 2.02. The first-order valence-electron chi connectivity index (χ1n) is 4.20. The van der Waals surface area contributed by atoms with E-state index in [0.717, 1.165) is 0 Å². The van der Waals surface area contributed by atoms with E-state index in [9.17, 15) is 0 Å². The van der Waals surface area contributed by atoms with Gasteiger partial charge in [-0.2, -0.15) is 0 Å². The van der Waals surface area contributed by atoms with Crippen LogP contribution in [0.2, 0.25) is 0 Å². The summed E-state index contributed by atoms with van der Waals surface area (Å²) in [5.41, 5.74) is 2.45. The summed E-state index contributed by atoms with van der Waals surface area (Å²) in [6, 6.07) is 4.16. The number of rotatable bonds is 1. The molecule has 0 aliphatic heterocycles.